The number of hydrogen-bond donors (Lipinski definition) is 2. The average Bonchev–Trinajstić information content (AvgIpc) is 3.63. The molecule has 7 aliphatic rings. The second-order valence-electron chi connectivity index (χ2n) is 16.0. The zero-order valence-electron chi connectivity index (χ0n) is 29.3. The highest BCUT2D eigenvalue weighted by Crippen LogP contribution is 2.80. The van der Waals surface area contributed by atoms with Crippen LogP contribution in [0.4, 0.5) is 5.69 Å². The highest BCUT2D eigenvalue weighted by molar-refractivity contribution is 6.22. The quantitative estimate of drug-likeness (QED) is 0.292. The number of anilines is 1. The molecule has 2 amide bonds. The van der Waals surface area contributed by atoms with E-state index in [1.165, 1.54) is 0 Å². The third-order valence-corrected chi connectivity index (χ3v) is 14.5. The molecule has 49 heavy (non-hydrogen) atoms. The van der Waals surface area contributed by atoms with Crippen molar-refractivity contribution in [3.63, 3.8) is 0 Å². The van der Waals surface area contributed by atoms with Crippen LogP contribution in [-0.4, -0.2) is 123 Å². The fourth-order valence-corrected chi connectivity index (χ4v) is 13.2. The fourth-order valence-electron chi connectivity index (χ4n) is 13.2. The van der Waals surface area contributed by atoms with Crippen LogP contribution in [0.5, 0.6) is 0 Å². The van der Waals surface area contributed by atoms with Gasteiger partial charge in [0.05, 0.1) is 48.3 Å². The molecule has 2 aliphatic heterocycles. The first-order valence-electron chi connectivity index (χ1n) is 17.9. The van der Waals surface area contributed by atoms with Gasteiger partial charge in [-0.2, -0.15) is 0 Å². The van der Waals surface area contributed by atoms with Gasteiger partial charge in [0.1, 0.15) is 11.2 Å². The van der Waals surface area contributed by atoms with Gasteiger partial charge in [-0.05, 0) is 43.9 Å². The zero-order valence-corrected chi connectivity index (χ0v) is 29.3. The summed E-state index contributed by atoms with van der Waals surface area (Å²) in [6.45, 7) is 4.95. The lowest BCUT2D eigenvalue weighted by Gasteiger charge is -2.70. The van der Waals surface area contributed by atoms with E-state index in [2.05, 4.69) is 11.8 Å². The third kappa shape index (κ3) is 3.86. The second-order valence-corrected chi connectivity index (χ2v) is 16.0. The summed E-state index contributed by atoms with van der Waals surface area (Å²) in [5, 5.41) is 26.6. The molecule has 12 heteroatoms. The molecule has 2 N–H and O–H groups in total. The predicted octanol–water partition coefficient (Wildman–Crippen LogP) is 2.04. The highest BCUT2D eigenvalue weighted by Gasteiger charge is 2.91. The zero-order chi connectivity index (χ0) is 34.8. The number of amides is 2. The Morgan fingerprint density at radius 3 is 2.43 bits per heavy atom. The number of methoxy groups -OCH3 is 4. The van der Waals surface area contributed by atoms with Crippen LogP contribution in [0.1, 0.15) is 56.3 Å². The number of esters is 1. The number of nitrogens with zero attached hydrogens (tertiary/aromatic N) is 2. The number of fused-ring (bicyclic) bond motifs is 2. The summed E-state index contributed by atoms with van der Waals surface area (Å²) in [7, 11) is 6.70. The Kier molecular flexibility index (Phi) is 7.75. The number of likely N-dealkylation sites (tertiary alicyclic amines) is 1. The lowest BCUT2D eigenvalue weighted by atomic mass is 9.42. The Bertz CT molecular complexity index is 1560. The number of rotatable bonds is 9. The largest absolute Gasteiger partial charge is 0.461 e. The highest BCUT2D eigenvalue weighted by atomic mass is 16.5. The molecule has 14 atom stereocenters. The minimum absolute atomic E-state index is 0.0358. The molecule has 1 aromatic carbocycles. The number of likely N-dealkylation sites (N-methyl/N-ethyl adjacent to an activating group) is 1. The molecule has 0 aromatic heterocycles. The molecular formula is C37H50N2O10. The van der Waals surface area contributed by atoms with Gasteiger partial charge in [-0.25, -0.2) is 9.69 Å². The topological polar surface area (TPSA) is 144 Å². The van der Waals surface area contributed by atoms with Crippen molar-refractivity contribution in [2.75, 3.05) is 53.0 Å². The van der Waals surface area contributed by atoms with E-state index in [1.54, 1.807) is 59.6 Å². The van der Waals surface area contributed by atoms with Gasteiger partial charge in [-0.15, -0.1) is 0 Å². The van der Waals surface area contributed by atoms with Gasteiger partial charge in [-0.1, -0.05) is 26.0 Å². The van der Waals surface area contributed by atoms with Crippen molar-refractivity contribution in [1.82, 2.24) is 4.90 Å². The number of piperidine rings is 1. The summed E-state index contributed by atoms with van der Waals surface area (Å²) in [5.74, 6) is -2.47. The third-order valence-electron chi connectivity index (χ3n) is 14.5. The Morgan fingerprint density at radius 2 is 1.80 bits per heavy atom. The number of hydrogen-bond acceptors (Lipinski definition) is 11. The Morgan fingerprint density at radius 1 is 1.04 bits per heavy atom. The lowest BCUT2D eigenvalue weighted by molar-refractivity contribution is -0.320. The first-order valence-corrected chi connectivity index (χ1v) is 17.9. The van der Waals surface area contributed by atoms with Crippen molar-refractivity contribution in [2.24, 2.45) is 40.4 Å². The summed E-state index contributed by atoms with van der Waals surface area (Å²) >= 11 is 0. The van der Waals surface area contributed by atoms with Crippen LogP contribution < -0.4 is 4.90 Å². The lowest BCUT2D eigenvalue weighted by Crippen LogP contribution is -2.82. The number of aliphatic hydroxyl groups is 2. The molecule has 268 valence electrons. The molecule has 0 radical (unpaired) electrons. The smallest absolute Gasteiger partial charge is 0.340 e. The van der Waals surface area contributed by atoms with Crippen LogP contribution in [-0.2, 0) is 33.3 Å². The molecule has 2 saturated heterocycles. The minimum atomic E-state index is -1.70. The van der Waals surface area contributed by atoms with Crippen molar-refractivity contribution in [3.8, 4) is 0 Å². The van der Waals surface area contributed by atoms with E-state index in [1.807, 2.05) is 0 Å². The van der Waals surface area contributed by atoms with Gasteiger partial charge >= 0.3 is 5.97 Å². The Balaban J connectivity index is 1.23. The molecule has 2 heterocycles. The first kappa shape index (κ1) is 33.7. The van der Waals surface area contributed by atoms with Gasteiger partial charge in [0.15, 0.2) is 0 Å². The van der Waals surface area contributed by atoms with Gasteiger partial charge < -0.3 is 33.9 Å². The molecule has 1 spiro atoms. The van der Waals surface area contributed by atoms with Crippen LogP contribution in [0.25, 0.3) is 0 Å². The molecule has 6 unspecified atom stereocenters. The molecule has 8 rings (SSSR count). The summed E-state index contributed by atoms with van der Waals surface area (Å²) in [6.07, 6.45) is 0.813. The fraction of sp³-hybridized carbons (Fsp3) is 0.757. The molecule has 7 bridgehead atoms. The Hall–Kier alpha value is -2.45. The second kappa shape index (κ2) is 11.3. The van der Waals surface area contributed by atoms with Crippen molar-refractivity contribution in [3.05, 3.63) is 29.8 Å². The van der Waals surface area contributed by atoms with Crippen LogP contribution in [0.2, 0.25) is 0 Å². The standard InChI is InChI=1S/C37H50N2O10/c1-7-38-17-34(18-49-32(42)20-10-8-9-11-23(20)39-26(40)14-19(2)31(39)41)13-12-25(46-4)36-22-15-21-24(45-3)16-35(43,27(22)28(21)47-5)37(44,33(36)38)30(48-6)29(34)36/h8-11,19,21-22,24-25,27-30,33,43-44H,7,12-18H2,1-6H3/t19?,21-,22?,24+,25+,27?,28?,29?,30?,33+,34+,35-,36+,37+/m1/s1. The van der Waals surface area contributed by atoms with E-state index in [-0.39, 0.29) is 84.5 Å². The van der Waals surface area contributed by atoms with Crippen LogP contribution in [0.3, 0.4) is 0 Å². The van der Waals surface area contributed by atoms with Gasteiger partial charge in [0, 0.05) is 82.3 Å². The van der Waals surface area contributed by atoms with E-state index < -0.39 is 46.1 Å². The van der Waals surface area contributed by atoms with Gasteiger partial charge in [0.25, 0.3) is 0 Å². The average molecular weight is 683 g/mol. The summed E-state index contributed by atoms with van der Waals surface area (Å²) in [6, 6.07) is 6.12. The van der Waals surface area contributed by atoms with E-state index >= 15 is 0 Å². The summed E-state index contributed by atoms with van der Waals surface area (Å²) in [5.41, 5.74) is -4.17. The number of ether oxygens (including phenoxy) is 5. The normalized spacial score (nSPS) is 48.0. The van der Waals surface area contributed by atoms with Gasteiger partial charge in [-0.3, -0.25) is 14.5 Å². The monoisotopic (exact) mass is 682 g/mol. The van der Waals surface area contributed by atoms with Crippen LogP contribution in [0, 0.1) is 40.4 Å². The van der Waals surface area contributed by atoms with Crippen molar-refractivity contribution >= 4 is 23.5 Å². The van der Waals surface area contributed by atoms with Crippen molar-refractivity contribution in [2.45, 2.75) is 87.6 Å². The number of para-hydroxylation sites is 1. The van der Waals surface area contributed by atoms with Gasteiger partial charge in [0.2, 0.25) is 11.8 Å². The van der Waals surface area contributed by atoms with E-state index in [9.17, 15) is 24.6 Å². The maximum absolute atomic E-state index is 14.1. The molecule has 1 aromatic rings. The molecule has 12 nitrogen and oxygen atoms in total. The van der Waals surface area contributed by atoms with Crippen LogP contribution >= 0.6 is 0 Å². The molecule has 5 saturated carbocycles. The molecular weight excluding hydrogens is 632 g/mol. The number of imide groups is 1. The van der Waals surface area contributed by atoms with E-state index in [0.717, 1.165) is 11.3 Å². The van der Waals surface area contributed by atoms with E-state index in [0.29, 0.717) is 25.9 Å². The van der Waals surface area contributed by atoms with E-state index in [4.69, 9.17) is 23.7 Å². The van der Waals surface area contributed by atoms with Crippen molar-refractivity contribution < 1.29 is 48.3 Å². The number of carbonyl (C=O) groups is 3. The molecule has 5 aliphatic carbocycles. The van der Waals surface area contributed by atoms with Crippen molar-refractivity contribution in [1.29, 1.82) is 0 Å². The van der Waals surface area contributed by atoms with Crippen LogP contribution in [0.15, 0.2) is 24.3 Å². The summed E-state index contributed by atoms with van der Waals surface area (Å²) in [4.78, 5) is 43.3. The minimum Gasteiger partial charge on any atom is -0.461 e. The SMILES string of the molecule is CCN1C[C@]2(COC(=O)c3ccccc3N3C(=O)CC(C)C3=O)CC[C@H](OC)[C@@]34C5C[C@H]6C(OC)C5[C@](O)(C[C@@H]6OC)[C@](O)(C(OC)C23)[C@@H]14. The maximum atomic E-state index is 14.1. The molecule has 7 fully saturated rings. The summed E-state index contributed by atoms with van der Waals surface area (Å²) < 4.78 is 31.4. The Labute approximate surface area is 287 Å². The first-order chi connectivity index (χ1) is 23.4. The predicted molar refractivity (Wildman–Crippen MR) is 174 cm³/mol. The number of benzene rings is 1. The maximum Gasteiger partial charge on any atom is 0.340 e. The number of carbonyl (C=O) groups excluding carboxylic acids is 3.